The van der Waals surface area contributed by atoms with Crippen molar-refractivity contribution in [1.82, 2.24) is 9.88 Å². The first kappa shape index (κ1) is 31.0. The number of benzene rings is 1. The van der Waals surface area contributed by atoms with Crippen LogP contribution in [0.15, 0.2) is 30.3 Å². The van der Waals surface area contributed by atoms with E-state index in [9.17, 15) is 49.1 Å². The van der Waals surface area contributed by atoms with Crippen molar-refractivity contribution in [1.29, 1.82) is 0 Å². The summed E-state index contributed by atoms with van der Waals surface area (Å²) in [6.07, 6.45) is -17.0. The van der Waals surface area contributed by atoms with Gasteiger partial charge in [0.15, 0.2) is 0 Å². The SMILES string of the molecule is CC(=O)N(Cc1cc(C(F)(F)F)cc(C(F)(F)F)c1)C1CC(C)N(C(=O)OC(C)C)c2ccc(C(F)(F)F)nc21. The van der Waals surface area contributed by atoms with E-state index >= 15 is 0 Å². The number of pyridine rings is 1. The van der Waals surface area contributed by atoms with Crippen molar-refractivity contribution in [2.24, 2.45) is 0 Å². The van der Waals surface area contributed by atoms with Crippen LogP contribution in [0.25, 0.3) is 0 Å². The molecule has 40 heavy (non-hydrogen) atoms. The van der Waals surface area contributed by atoms with Gasteiger partial charge in [0.1, 0.15) is 5.69 Å². The zero-order valence-electron chi connectivity index (χ0n) is 21.5. The summed E-state index contributed by atoms with van der Waals surface area (Å²) in [4.78, 5) is 31.0. The molecular weight excluding hydrogens is 561 g/mol. The predicted molar refractivity (Wildman–Crippen MR) is 123 cm³/mol. The molecule has 1 aliphatic heterocycles. The Morgan fingerprint density at radius 3 is 1.98 bits per heavy atom. The Balaban J connectivity index is 2.17. The summed E-state index contributed by atoms with van der Waals surface area (Å²) in [7, 11) is 0. The smallest absolute Gasteiger partial charge is 0.433 e. The number of halogens is 9. The number of alkyl halides is 9. The maximum absolute atomic E-state index is 13.5. The molecule has 0 N–H and O–H groups in total. The van der Waals surface area contributed by atoms with Crippen LogP contribution in [0.5, 0.6) is 0 Å². The van der Waals surface area contributed by atoms with Gasteiger partial charge in [-0.25, -0.2) is 9.78 Å². The minimum atomic E-state index is -5.15. The molecule has 0 bridgehead atoms. The molecule has 0 spiro atoms. The number of amides is 2. The van der Waals surface area contributed by atoms with Crippen molar-refractivity contribution in [2.75, 3.05) is 4.90 Å². The summed E-state index contributed by atoms with van der Waals surface area (Å²) in [5, 5.41) is 0. The van der Waals surface area contributed by atoms with E-state index < -0.39 is 83.3 Å². The summed E-state index contributed by atoms with van der Waals surface area (Å²) < 4.78 is 126. The number of fused-ring (bicyclic) bond motifs is 1. The minimum absolute atomic E-state index is 0.0744. The van der Waals surface area contributed by atoms with E-state index in [4.69, 9.17) is 4.74 Å². The van der Waals surface area contributed by atoms with Crippen molar-refractivity contribution < 1.29 is 53.8 Å². The number of carbonyl (C=O) groups is 2. The number of ether oxygens (including phenoxy) is 1. The third-order valence-electron chi connectivity index (χ3n) is 6.09. The van der Waals surface area contributed by atoms with Crippen LogP contribution >= 0.6 is 0 Å². The van der Waals surface area contributed by atoms with E-state index in [0.717, 1.165) is 22.8 Å². The summed E-state index contributed by atoms with van der Waals surface area (Å²) in [5.41, 5.74) is -5.71. The topological polar surface area (TPSA) is 62.7 Å². The summed E-state index contributed by atoms with van der Waals surface area (Å²) in [6, 6.07) is 0.223. The van der Waals surface area contributed by atoms with Gasteiger partial charge in [-0.05, 0) is 63.1 Å². The molecule has 220 valence electrons. The highest BCUT2D eigenvalue weighted by Gasteiger charge is 2.43. The van der Waals surface area contributed by atoms with Crippen molar-refractivity contribution >= 4 is 17.7 Å². The number of nitrogens with zero attached hydrogens (tertiary/aromatic N) is 3. The summed E-state index contributed by atoms with van der Waals surface area (Å²) >= 11 is 0. The molecule has 0 fully saturated rings. The lowest BCUT2D eigenvalue weighted by Crippen LogP contribution is -2.48. The van der Waals surface area contributed by atoms with Crippen LogP contribution in [0.3, 0.4) is 0 Å². The first-order valence-corrected chi connectivity index (χ1v) is 11.8. The molecular formula is C25H24F9N3O3. The van der Waals surface area contributed by atoms with E-state index in [1.54, 1.807) is 13.8 Å². The quantitative estimate of drug-likeness (QED) is 0.352. The maximum atomic E-state index is 13.5. The molecule has 2 unspecified atom stereocenters. The van der Waals surface area contributed by atoms with Crippen LogP contribution in [-0.4, -0.2) is 34.0 Å². The second-order valence-electron chi connectivity index (χ2n) is 9.56. The fraction of sp³-hybridized carbons (Fsp3) is 0.480. The molecule has 0 aliphatic carbocycles. The number of hydrogen-bond acceptors (Lipinski definition) is 4. The van der Waals surface area contributed by atoms with Crippen LogP contribution in [0.4, 0.5) is 50.0 Å². The van der Waals surface area contributed by atoms with Crippen LogP contribution in [0.2, 0.25) is 0 Å². The normalized spacial score (nSPS) is 18.0. The molecule has 3 rings (SSSR count). The molecule has 2 heterocycles. The van der Waals surface area contributed by atoms with Gasteiger partial charge in [0.05, 0.1) is 34.7 Å². The number of aromatic nitrogens is 1. The van der Waals surface area contributed by atoms with Gasteiger partial charge < -0.3 is 9.64 Å². The zero-order valence-corrected chi connectivity index (χ0v) is 21.5. The lowest BCUT2D eigenvalue weighted by atomic mass is 9.93. The zero-order chi connectivity index (χ0) is 30.4. The van der Waals surface area contributed by atoms with Crippen LogP contribution in [0, 0.1) is 0 Å². The molecule has 1 aromatic heterocycles. The van der Waals surface area contributed by atoms with Gasteiger partial charge in [-0.1, -0.05) is 0 Å². The van der Waals surface area contributed by atoms with Gasteiger partial charge in [0.25, 0.3) is 0 Å². The van der Waals surface area contributed by atoms with Crippen molar-refractivity contribution in [2.45, 2.75) is 77.4 Å². The standard InChI is InChI=1S/C25H24F9N3O3/c1-12(2)40-22(39)37-13(3)7-19(21-18(37)5-6-20(35-21)25(32,33)34)36(14(4)38)11-15-8-16(23(26,27)28)10-17(9-15)24(29,30)31/h5-6,8-10,12-13,19H,7,11H2,1-4H3. The lowest BCUT2D eigenvalue weighted by Gasteiger charge is -2.42. The molecule has 15 heteroatoms. The minimum Gasteiger partial charge on any atom is -0.446 e. The first-order valence-electron chi connectivity index (χ1n) is 11.8. The van der Waals surface area contributed by atoms with Gasteiger partial charge in [0, 0.05) is 19.5 Å². The van der Waals surface area contributed by atoms with E-state index in [1.807, 2.05) is 0 Å². The Morgan fingerprint density at radius 1 is 0.975 bits per heavy atom. The fourth-order valence-electron chi connectivity index (χ4n) is 4.41. The summed E-state index contributed by atoms with van der Waals surface area (Å²) in [5.74, 6) is -0.855. The largest absolute Gasteiger partial charge is 0.446 e. The highest BCUT2D eigenvalue weighted by atomic mass is 19.4. The van der Waals surface area contributed by atoms with Gasteiger partial charge in [-0.2, -0.15) is 39.5 Å². The van der Waals surface area contributed by atoms with Crippen LogP contribution in [-0.2, 0) is 34.6 Å². The highest BCUT2D eigenvalue weighted by Crippen LogP contribution is 2.43. The number of carbonyl (C=O) groups excluding carboxylic acids is 2. The average Bonchev–Trinajstić information content (AvgIpc) is 2.79. The lowest BCUT2D eigenvalue weighted by molar-refractivity contribution is -0.143. The third kappa shape index (κ3) is 6.78. The molecule has 0 saturated heterocycles. The molecule has 2 aromatic rings. The Kier molecular flexibility index (Phi) is 8.38. The van der Waals surface area contributed by atoms with Crippen molar-refractivity contribution in [3.8, 4) is 0 Å². The molecule has 2 amide bonds. The van der Waals surface area contributed by atoms with Crippen LogP contribution in [0.1, 0.15) is 68.2 Å². The Hall–Kier alpha value is -3.52. The second-order valence-corrected chi connectivity index (χ2v) is 9.56. The second kappa shape index (κ2) is 10.8. The number of hydrogen-bond donors (Lipinski definition) is 0. The van der Waals surface area contributed by atoms with E-state index in [1.165, 1.54) is 6.92 Å². The molecule has 0 saturated carbocycles. The van der Waals surface area contributed by atoms with E-state index in [-0.39, 0.29) is 18.2 Å². The monoisotopic (exact) mass is 585 g/mol. The Morgan fingerprint density at radius 2 is 1.52 bits per heavy atom. The highest BCUT2D eigenvalue weighted by molar-refractivity contribution is 5.90. The van der Waals surface area contributed by atoms with E-state index in [2.05, 4.69) is 4.98 Å². The third-order valence-corrected chi connectivity index (χ3v) is 6.09. The van der Waals surface area contributed by atoms with Gasteiger partial charge in [-0.3, -0.25) is 9.69 Å². The predicted octanol–water partition coefficient (Wildman–Crippen LogP) is 7.37. The fourth-order valence-corrected chi connectivity index (χ4v) is 4.41. The van der Waals surface area contributed by atoms with Crippen molar-refractivity contribution in [3.05, 3.63) is 58.4 Å². The van der Waals surface area contributed by atoms with Crippen LogP contribution < -0.4 is 4.90 Å². The molecule has 1 aliphatic rings. The Labute approximate surface area is 222 Å². The first-order chi connectivity index (χ1) is 18.2. The molecule has 0 radical (unpaired) electrons. The van der Waals surface area contributed by atoms with E-state index in [0.29, 0.717) is 18.2 Å². The Bertz CT molecular complexity index is 1240. The number of anilines is 1. The van der Waals surface area contributed by atoms with Gasteiger partial charge >= 0.3 is 24.6 Å². The molecule has 2 atom stereocenters. The number of rotatable bonds is 4. The molecule has 1 aromatic carbocycles. The molecule has 6 nitrogen and oxygen atoms in total. The van der Waals surface area contributed by atoms with Gasteiger partial charge in [-0.15, -0.1) is 0 Å². The summed E-state index contributed by atoms with van der Waals surface area (Å²) in [6.45, 7) is 4.74. The maximum Gasteiger partial charge on any atom is 0.433 e. The average molecular weight is 585 g/mol. The van der Waals surface area contributed by atoms with Crippen molar-refractivity contribution in [3.63, 3.8) is 0 Å². The van der Waals surface area contributed by atoms with Gasteiger partial charge in [0.2, 0.25) is 5.91 Å².